The van der Waals surface area contributed by atoms with Gasteiger partial charge in [-0.1, -0.05) is 24.1 Å². The summed E-state index contributed by atoms with van der Waals surface area (Å²) in [6, 6.07) is 7.92. The van der Waals surface area contributed by atoms with Crippen molar-refractivity contribution in [1.82, 2.24) is 0 Å². The van der Waals surface area contributed by atoms with Crippen molar-refractivity contribution in [2.45, 2.75) is 23.8 Å². The monoisotopic (exact) mass is 232 g/mol. The third-order valence-electron chi connectivity index (χ3n) is 2.51. The molecule has 1 aromatic carbocycles. The second-order valence-corrected chi connectivity index (χ2v) is 4.71. The van der Waals surface area contributed by atoms with Gasteiger partial charge in [0.15, 0.2) is 6.10 Å². The van der Waals surface area contributed by atoms with Crippen LogP contribution in [0.25, 0.3) is 0 Å². The van der Waals surface area contributed by atoms with Crippen molar-refractivity contribution in [3.8, 4) is 12.3 Å². The van der Waals surface area contributed by atoms with Gasteiger partial charge in [0.05, 0.1) is 5.92 Å². The van der Waals surface area contributed by atoms with Crippen molar-refractivity contribution < 1.29 is 9.53 Å². The highest BCUT2D eigenvalue weighted by atomic mass is 32.2. The molecular weight excluding hydrogens is 220 g/mol. The van der Waals surface area contributed by atoms with Gasteiger partial charge in [0, 0.05) is 10.6 Å². The fourth-order valence-electron chi connectivity index (χ4n) is 1.65. The van der Waals surface area contributed by atoms with E-state index in [4.69, 9.17) is 11.2 Å². The van der Waals surface area contributed by atoms with Crippen LogP contribution in [0.15, 0.2) is 29.2 Å². The topological polar surface area (TPSA) is 26.3 Å². The van der Waals surface area contributed by atoms with Crippen LogP contribution in [0.1, 0.15) is 18.4 Å². The molecule has 2 rings (SSSR count). The van der Waals surface area contributed by atoms with E-state index in [1.54, 1.807) is 18.7 Å². The Morgan fingerprint density at radius 1 is 1.62 bits per heavy atom. The van der Waals surface area contributed by atoms with E-state index in [0.29, 0.717) is 0 Å². The molecule has 0 saturated heterocycles. The van der Waals surface area contributed by atoms with Gasteiger partial charge >= 0.3 is 5.97 Å². The standard InChI is InChI=1S/C13H12O2S/c1-3-9(2)15-13(14)11-8-16-12-7-5-4-6-10(11)12/h1,4-7,9,11H,8H2,2H3/t9-,11+/m1/s1. The molecule has 0 radical (unpaired) electrons. The average Bonchev–Trinajstić information content (AvgIpc) is 2.72. The fraction of sp³-hybridized carbons (Fsp3) is 0.308. The Balaban J connectivity index is 2.14. The third kappa shape index (κ3) is 2.07. The van der Waals surface area contributed by atoms with E-state index in [2.05, 4.69) is 5.92 Å². The number of hydrogen-bond acceptors (Lipinski definition) is 3. The first kappa shape index (κ1) is 11.1. The molecular formula is C13H12O2S. The maximum Gasteiger partial charge on any atom is 0.315 e. The zero-order chi connectivity index (χ0) is 11.5. The van der Waals surface area contributed by atoms with Crippen LogP contribution < -0.4 is 0 Å². The number of benzene rings is 1. The summed E-state index contributed by atoms with van der Waals surface area (Å²) in [5.41, 5.74) is 1.06. The van der Waals surface area contributed by atoms with Crippen LogP contribution in [0.2, 0.25) is 0 Å². The van der Waals surface area contributed by atoms with Crippen LogP contribution in [0.4, 0.5) is 0 Å². The molecule has 1 heterocycles. The minimum absolute atomic E-state index is 0.169. The summed E-state index contributed by atoms with van der Waals surface area (Å²) in [6.45, 7) is 1.70. The number of hydrogen-bond donors (Lipinski definition) is 0. The van der Waals surface area contributed by atoms with Crippen molar-refractivity contribution in [3.05, 3.63) is 29.8 Å². The number of carbonyl (C=O) groups excluding carboxylic acids is 1. The largest absolute Gasteiger partial charge is 0.449 e. The molecule has 0 fully saturated rings. The minimum atomic E-state index is -0.453. The number of fused-ring (bicyclic) bond motifs is 1. The van der Waals surface area contributed by atoms with Gasteiger partial charge in [0.2, 0.25) is 0 Å². The molecule has 0 aliphatic carbocycles. The van der Waals surface area contributed by atoms with E-state index in [1.165, 1.54) is 0 Å². The lowest BCUT2D eigenvalue weighted by molar-refractivity contribution is -0.147. The summed E-state index contributed by atoms with van der Waals surface area (Å²) >= 11 is 1.69. The van der Waals surface area contributed by atoms with Gasteiger partial charge < -0.3 is 4.74 Å². The quantitative estimate of drug-likeness (QED) is 0.578. The number of terminal acetylenes is 1. The molecule has 1 aliphatic heterocycles. The second kappa shape index (κ2) is 4.63. The van der Waals surface area contributed by atoms with Crippen LogP contribution in [0.3, 0.4) is 0 Å². The van der Waals surface area contributed by atoms with Gasteiger partial charge in [-0.05, 0) is 18.6 Å². The molecule has 3 heteroatoms. The molecule has 0 unspecified atom stereocenters. The van der Waals surface area contributed by atoms with E-state index < -0.39 is 6.10 Å². The fourth-order valence-corrected chi connectivity index (χ4v) is 2.86. The zero-order valence-corrected chi connectivity index (χ0v) is 9.79. The molecule has 2 nitrogen and oxygen atoms in total. The summed E-state index contributed by atoms with van der Waals surface area (Å²) in [4.78, 5) is 13.0. The Kier molecular flexibility index (Phi) is 3.21. The Hall–Kier alpha value is -1.40. The maximum atomic E-state index is 11.8. The summed E-state index contributed by atoms with van der Waals surface area (Å²) in [6.07, 6.45) is 4.73. The number of carbonyl (C=O) groups is 1. The molecule has 0 N–H and O–H groups in total. The van der Waals surface area contributed by atoms with Gasteiger partial charge in [-0.2, -0.15) is 0 Å². The summed E-state index contributed by atoms with van der Waals surface area (Å²) in [5.74, 6) is 2.75. The number of thioether (sulfide) groups is 1. The van der Waals surface area contributed by atoms with Crippen molar-refractivity contribution in [1.29, 1.82) is 0 Å². The van der Waals surface area contributed by atoms with Crippen LogP contribution in [-0.4, -0.2) is 17.8 Å². The van der Waals surface area contributed by atoms with E-state index in [-0.39, 0.29) is 11.9 Å². The second-order valence-electron chi connectivity index (χ2n) is 3.65. The Labute approximate surface area is 99.4 Å². The molecule has 82 valence electrons. The van der Waals surface area contributed by atoms with E-state index in [0.717, 1.165) is 16.2 Å². The normalized spacial score (nSPS) is 19.6. The highest BCUT2D eigenvalue weighted by Crippen LogP contribution is 2.39. The van der Waals surface area contributed by atoms with E-state index in [1.807, 2.05) is 24.3 Å². The minimum Gasteiger partial charge on any atom is -0.449 e. The summed E-state index contributed by atoms with van der Waals surface area (Å²) in [7, 11) is 0. The molecule has 0 amide bonds. The van der Waals surface area contributed by atoms with Crippen molar-refractivity contribution in [3.63, 3.8) is 0 Å². The van der Waals surface area contributed by atoms with Crippen LogP contribution in [0, 0.1) is 12.3 Å². The maximum absolute atomic E-state index is 11.8. The predicted molar refractivity (Wildman–Crippen MR) is 64.3 cm³/mol. The first-order valence-electron chi connectivity index (χ1n) is 5.10. The molecule has 0 spiro atoms. The predicted octanol–water partition coefficient (Wildman–Crippen LogP) is 2.44. The van der Waals surface area contributed by atoms with Gasteiger partial charge in [0.25, 0.3) is 0 Å². The lowest BCUT2D eigenvalue weighted by atomic mass is 10.0. The van der Waals surface area contributed by atoms with Gasteiger partial charge in [-0.15, -0.1) is 18.2 Å². The number of rotatable bonds is 2. The van der Waals surface area contributed by atoms with E-state index in [9.17, 15) is 4.79 Å². The smallest absolute Gasteiger partial charge is 0.315 e. The van der Waals surface area contributed by atoms with Gasteiger partial charge in [-0.3, -0.25) is 4.79 Å². The van der Waals surface area contributed by atoms with Crippen molar-refractivity contribution in [2.75, 3.05) is 5.75 Å². The molecule has 0 bridgehead atoms. The van der Waals surface area contributed by atoms with E-state index >= 15 is 0 Å². The van der Waals surface area contributed by atoms with Gasteiger partial charge in [-0.25, -0.2) is 0 Å². The zero-order valence-electron chi connectivity index (χ0n) is 8.97. The van der Waals surface area contributed by atoms with Crippen LogP contribution >= 0.6 is 11.8 Å². The lowest BCUT2D eigenvalue weighted by Gasteiger charge is -2.12. The molecule has 2 atom stereocenters. The summed E-state index contributed by atoms with van der Waals surface area (Å²) in [5, 5.41) is 0. The SMILES string of the molecule is C#C[C@@H](C)OC(=O)[C@H]1CSc2ccccc21. The third-order valence-corrected chi connectivity index (χ3v) is 3.69. The summed E-state index contributed by atoms with van der Waals surface area (Å²) < 4.78 is 5.15. The molecule has 1 aromatic rings. The van der Waals surface area contributed by atoms with Crippen LogP contribution in [-0.2, 0) is 9.53 Å². The van der Waals surface area contributed by atoms with Gasteiger partial charge in [0.1, 0.15) is 0 Å². The Morgan fingerprint density at radius 3 is 3.12 bits per heavy atom. The van der Waals surface area contributed by atoms with Crippen LogP contribution in [0.5, 0.6) is 0 Å². The number of esters is 1. The Morgan fingerprint density at radius 2 is 2.38 bits per heavy atom. The molecule has 0 aromatic heterocycles. The average molecular weight is 232 g/mol. The highest BCUT2D eigenvalue weighted by Gasteiger charge is 2.30. The first-order chi connectivity index (χ1) is 7.72. The Bertz CT molecular complexity index is 447. The number of ether oxygens (including phenoxy) is 1. The molecule has 0 saturated carbocycles. The van der Waals surface area contributed by atoms with Crippen molar-refractivity contribution >= 4 is 17.7 Å². The van der Waals surface area contributed by atoms with Crippen molar-refractivity contribution in [2.24, 2.45) is 0 Å². The molecule has 1 aliphatic rings. The lowest BCUT2D eigenvalue weighted by Crippen LogP contribution is -2.20. The highest BCUT2D eigenvalue weighted by molar-refractivity contribution is 7.99. The first-order valence-corrected chi connectivity index (χ1v) is 6.09. The molecule has 16 heavy (non-hydrogen) atoms.